The molecule has 1 aliphatic rings. The number of hydrogen-bond donors (Lipinski definition) is 1. The molecular formula is C26H29N3O3S. The number of carboxylic acid groups (broad SMARTS) is 1. The highest BCUT2D eigenvalue weighted by Gasteiger charge is 2.34. The first kappa shape index (κ1) is 22.0. The Labute approximate surface area is 197 Å². The van der Waals surface area contributed by atoms with E-state index in [4.69, 9.17) is 9.72 Å². The lowest BCUT2D eigenvalue weighted by Crippen LogP contribution is -2.28. The molecule has 1 aromatic carbocycles. The first-order valence-electron chi connectivity index (χ1n) is 11.4. The van der Waals surface area contributed by atoms with Crippen LogP contribution in [0.4, 0.5) is 0 Å². The van der Waals surface area contributed by atoms with Gasteiger partial charge in [0.1, 0.15) is 4.83 Å². The number of aromatic nitrogens is 3. The minimum absolute atomic E-state index is 0.629. The molecule has 7 heteroatoms. The monoisotopic (exact) mass is 463 g/mol. The number of benzene rings is 1. The molecule has 172 valence electrons. The van der Waals surface area contributed by atoms with Gasteiger partial charge >= 0.3 is 5.97 Å². The number of nitrogens with zero attached hydrogens (tertiary/aromatic N) is 3. The Bertz CT molecular complexity index is 1390. The second kappa shape index (κ2) is 7.92. The van der Waals surface area contributed by atoms with Gasteiger partial charge in [-0.05, 0) is 70.6 Å². The Morgan fingerprint density at radius 1 is 1.24 bits per heavy atom. The van der Waals surface area contributed by atoms with Crippen molar-refractivity contribution in [1.82, 2.24) is 14.8 Å². The third kappa shape index (κ3) is 3.73. The highest BCUT2D eigenvalue weighted by Crippen LogP contribution is 2.47. The van der Waals surface area contributed by atoms with Crippen molar-refractivity contribution in [3.8, 4) is 11.1 Å². The lowest BCUT2D eigenvalue weighted by molar-refractivity contribution is -0.160. The smallest absolute Gasteiger partial charge is 0.337 e. The number of aryl methyl sites for hydroxylation is 4. The van der Waals surface area contributed by atoms with Crippen LogP contribution in [0, 0.1) is 6.92 Å². The molecule has 4 aromatic rings. The number of hydrogen-bond acceptors (Lipinski definition) is 5. The Kier molecular flexibility index (Phi) is 5.29. The van der Waals surface area contributed by atoms with E-state index in [2.05, 4.69) is 11.2 Å². The van der Waals surface area contributed by atoms with Gasteiger partial charge in [-0.25, -0.2) is 9.78 Å². The minimum Gasteiger partial charge on any atom is -0.479 e. The summed E-state index contributed by atoms with van der Waals surface area (Å²) in [5.41, 5.74) is 4.98. The molecule has 0 radical (unpaired) electrons. The van der Waals surface area contributed by atoms with E-state index in [1.165, 1.54) is 16.9 Å². The van der Waals surface area contributed by atoms with Crippen molar-refractivity contribution >= 4 is 38.4 Å². The molecule has 3 aromatic heterocycles. The molecule has 6 nitrogen and oxygen atoms in total. The van der Waals surface area contributed by atoms with Gasteiger partial charge < -0.3 is 9.84 Å². The number of rotatable bonds is 4. The first-order valence-corrected chi connectivity index (χ1v) is 12.2. The second-order valence-corrected chi connectivity index (χ2v) is 10.9. The van der Waals surface area contributed by atoms with Crippen molar-refractivity contribution in [2.24, 2.45) is 7.05 Å². The lowest BCUT2D eigenvalue weighted by atomic mass is 9.87. The summed E-state index contributed by atoms with van der Waals surface area (Å²) < 4.78 is 8.01. The lowest BCUT2D eigenvalue weighted by Gasteiger charge is -2.28. The van der Waals surface area contributed by atoms with Gasteiger partial charge in [0.05, 0.1) is 17.3 Å². The molecule has 0 amide bonds. The van der Waals surface area contributed by atoms with Crippen LogP contribution in [0.5, 0.6) is 0 Å². The molecule has 0 saturated carbocycles. The van der Waals surface area contributed by atoms with Gasteiger partial charge in [0.25, 0.3) is 0 Å². The van der Waals surface area contributed by atoms with Gasteiger partial charge in [-0.15, -0.1) is 11.3 Å². The molecule has 0 spiro atoms. The summed E-state index contributed by atoms with van der Waals surface area (Å²) in [6.07, 6.45) is 5.12. The minimum atomic E-state index is -1.12. The largest absolute Gasteiger partial charge is 0.479 e. The fourth-order valence-electron chi connectivity index (χ4n) is 5.00. The van der Waals surface area contributed by atoms with Gasteiger partial charge in [-0.2, -0.15) is 5.10 Å². The topological polar surface area (TPSA) is 77.2 Å². The molecule has 3 heterocycles. The van der Waals surface area contributed by atoms with E-state index in [0.717, 1.165) is 51.5 Å². The molecule has 1 aliphatic carbocycles. The number of aliphatic carboxylic acids is 1. The summed E-state index contributed by atoms with van der Waals surface area (Å²) in [7, 11) is 1.93. The standard InChI is InChI=1S/C26H29N3O3S/c1-14-20(23(25(30)31)32-26(2,3)4)21(15-10-8-11-18-17(15)13-27-29(18)5)22-16-9-6-7-12-19(16)33-24(22)28-14/h8,10-11,13,23H,6-7,9,12H2,1-5H3,(H,30,31). The van der Waals surface area contributed by atoms with Crippen LogP contribution in [0.1, 0.15) is 61.4 Å². The van der Waals surface area contributed by atoms with Crippen molar-refractivity contribution < 1.29 is 14.6 Å². The Hall–Kier alpha value is -2.77. The van der Waals surface area contributed by atoms with Gasteiger partial charge in [-0.3, -0.25) is 4.68 Å². The molecule has 5 rings (SSSR count). The molecule has 0 aliphatic heterocycles. The third-order valence-corrected chi connectivity index (χ3v) is 7.54. The summed E-state index contributed by atoms with van der Waals surface area (Å²) in [5.74, 6) is -1.00. The predicted molar refractivity (Wildman–Crippen MR) is 132 cm³/mol. The second-order valence-electron chi connectivity index (χ2n) is 9.83. The van der Waals surface area contributed by atoms with Crippen LogP contribution in [0.3, 0.4) is 0 Å². The average molecular weight is 464 g/mol. The summed E-state index contributed by atoms with van der Waals surface area (Å²) in [5, 5.41) is 16.9. The normalized spacial score (nSPS) is 15.2. The zero-order chi connectivity index (χ0) is 23.5. The number of fused-ring (bicyclic) bond motifs is 4. The van der Waals surface area contributed by atoms with E-state index in [0.29, 0.717) is 11.3 Å². The van der Waals surface area contributed by atoms with Crippen LogP contribution < -0.4 is 0 Å². The maximum atomic E-state index is 12.6. The fourth-order valence-corrected chi connectivity index (χ4v) is 6.32. The van der Waals surface area contributed by atoms with Crippen LogP contribution in [0.2, 0.25) is 0 Å². The van der Waals surface area contributed by atoms with E-state index in [1.807, 2.05) is 57.8 Å². The summed E-state index contributed by atoms with van der Waals surface area (Å²) >= 11 is 1.76. The van der Waals surface area contributed by atoms with Crippen LogP contribution in [0.25, 0.3) is 32.2 Å². The van der Waals surface area contributed by atoms with Gasteiger partial charge in [0.2, 0.25) is 0 Å². The quantitative estimate of drug-likeness (QED) is 0.403. The van der Waals surface area contributed by atoms with Crippen LogP contribution in [0.15, 0.2) is 24.4 Å². The van der Waals surface area contributed by atoms with Gasteiger partial charge in [-0.1, -0.05) is 12.1 Å². The molecule has 0 bridgehead atoms. The number of thiophene rings is 1. The molecule has 1 atom stereocenters. The average Bonchev–Trinajstić information content (AvgIpc) is 3.31. The maximum Gasteiger partial charge on any atom is 0.337 e. The van der Waals surface area contributed by atoms with Gasteiger partial charge in [0, 0.05) is 39.5 Å². The fraction of sp³-hybridized carbons (Fsp3) is 0.423. The zero-order valence-corrected chi connectivity index (χ0v) is 20.5. The van der Waals surface area contributed by atoms with Crippen LogP contribution >= 0.6 is 11.3 Å². The number of pyridine rings is 1. The third-order valence-electron chi connectivity index (χ3n) is 6.35. The van der Waals surface area contributed by atoms with E-state index < -0.39 is 17.7 Å². The molecule has 0 saturated heterocycles. The van der Waals surface area contributed by atoms with Crippen molar-refractivity contribution in [3.63, 3.8) is 0 Å². The maximum absolute atomic E-state index is 12.6. The summed E-state index contributed by atoms with van der Waals surface area (Å²) in [6, 6.07) is 6.13. The van der Waals surface area contributed by atoms with Crippen molar-refractivity contribution in [3.05, 3.63) is 46.1 Å². The van der Waals surface area contributed by atoms with Crippen LogP contribution in [-0.2, 0) is 29.4 Å². The summed E-state index contributed by atoms with van der Waals surface area (Å²) in [6.45, 7) is 7.57. The summed E-state index contributed by atoms with van der Waals surface area (Å²) in [4.78, 5) is 19.9. The SMILES string of the molecule is Cc1nc2sc3c(c2c(-c2cccc4c2cnn4C)c1C(OC(C)(C)C)C(=O)O)CCCC3. The molecule has 33 heavy (non-hydrogen) atoms. The molecule has 0 fully saturated rings. The predicted octanol–water partition coefficient (Wildman–Crippen LogP) is 5.98. The van der Waals surface area contributed by atoms with E-state index >= 15 is 0 Å². The Balaban J connectivity index is 1.93. The molecular weight excluding hydrogens is 434 g/mol. The number of ether oxygens (including phenoxy) is 1. The number of carboxylic acids is 1. The van der Waals surface area contributed by atoms with Crippen molar-refractivity contribution in [2.45, 2.75) is 65.1 Å². The van der Waals surface area contributed by atoms with E-state index in [9.17, 15) is 9.90 Å². The first-order chi connectivity index (χ1) is 15.7. The molecule has 1 unspecified atom stereocenters. The highest BCUT2D eigenvalue weighted by molar-refractivity contribution is 7.19. The van der Waals surface area contributed by atoms with E-state index in [-0.39, 0.29) is 0 Å². The highest BCUT2D eigenvalue weighted by atomic mass is 32.1. The zero-order valence-electron chi connectivity index (χ0n) is 19.7. The van der Waals surface area contributed by atoms with Gasteiger partial charge in [0.15, 0.2) is 6.10 Å². The van der Waals surface area contributed by atoms with E-state index in [1.54, 1.807) is 11.3 Å². The van der Waals surface area contributed by atoms with Crippen molar-refractivity contribution in [1.29, 1.82) is 0 Å². The Morgan fingerprint density at radius 2 is 2.00 bits per heavy atom. The van der Waals surface area contributed by atoms with Crippen LogP contribution in [-0.4, -0.2) is 31.4 Å². The van der Waals surface area contributed by atoms with Crippen molar-refractivity contribution in [2.75, 3.05) is 0 Å². The number of carbonyl (C=O) groups is 1. The Morgan fingerprint density at radius 3 is 2.73 bits per heavy atom. The molecule has 1 N–H and O–H groups in total.